The van der Waals surface area contributed by atoms with Gasteiger partial charge in [0.25, 0.3) is 0 Å². The highest BCUT2D eigenvalue weighted by Gasteiger charge is 2.10. The zero-order chi connectivity index (χ0) is 10.7. The van der Waals surface area contributed by atoms with Crippen LogP contribution < -0.4 is 5.32 Å². The molecule has 0 saturated carbocycles. The zero-order valence-corrected chi connectivity index (χ0v) is 10.8. The van der Waals surface area contributed by atoms with Gasteiger partial charge in [-0.1, -0.05) is 17.7 Å². The first-order chi connectivity index (χ1) is 7.25. The van der Waals surface area contributed by atoms with Crippen molar-refractivity contribution in [1.82, 2.24) is 10.2 Å². The molecule has 1 heterocycles. The summed E-state index contributed by atoms with van der Waals surface area (Å²) in [4.78, 5) is 2.45. The number of halogens is 2. The third-order valence-corrected chi connectivity index (χ3v) is 3.81. The topological polar surface area (TPSA) is 15.3 Å². The Balaban J connectivity index is 2.00. The molecular formula is C11H14BrClN2. The van der Waals surface area contributed by atoms with E-state index in [0.717, 1.165) is 42.2 Å². The number of hydrogen-bond acceptors (Lipinski definition) is 2. The van der Waals surface area contributed by atoms with Crippen molar-refractivity contribution < 1.29 is 0 Å². The first kappa shape index (κ1) is 11.4. The van der Waals surface area contributed by atoms with E-state index >= 15 is 0 Å². The Bertz CT molecular complexity index is 337. The molecule has 1 aromatic rings. The molecule has 0 radical (unpaired) electrons. The van der Waals surface area contributed by atoms with Crippen molar-refractivity contribution >= 4 is 27.5 Å². The molecule has 0 aliphatic carbocycles. The van der Waals surface area contributed by atoms with Crippen LogP contribution in [-0.4, -0.2) is 31.1 Å². The second-order valence-electron chi connectivity index (χ2n) is 3.77. The summed E-state index contributed by atoms with van der Waals surface area (Å²) in [5, 5.41) is 4.13. The van der Waals surface area contributed by atoms with Gasteiger partial charge in [0, 0.05) is 37.2 Å². The third kappa shape index (κ3) is 3.18. The predicted octanol–water partition coefficient (Wildman–Crippen LogP) is 2.51. The van der Waals surface area contributed by atoms with Crippen LogP contribution in [0.4, 0.5) is 0 Å². The van der Waals surface area contributed by atoms with Gasteiger partial charge < -0.3 is 5.32 Å². The van der Waals surface area contributed by atoms with Crippen LogP contribution in [0.25, 0.3) is 0 Å². The van der Waals surface area contributed by atoms with Crippen LogP contribution in [0, 0.1) is 0 Å². The van der Waals surface area contributed by atoms with Crippen LogP contribution in [0.1, 0.15) is 5.56 Å². The van der Waals surface area contributed by atoms with Crippen LogP contribution in [0.15, 0.2) is 22.7 Å². The molecule has 0 atom stereocenters. The number of nitrogens with one attached hydrogen (secondary N) is 1. The van der Waals surface area contributed by atoms with Crippen molar-refractivity contribution in [3.63, 3.8) is 0 Å². The molecule has 2 nitrogen and oxygen atoms in total. The molecule has 0 spiro atoms. The number of piperazine rings is 1. The lowest BCUT2D eigenvalue weighted by Crippen LogP contribution is -2.42. The summed E-state index contributed by atoms with van der Waals surface area (Å²) in [6.45, 7) is 5.45. The summed E-state index contributed by atoms with van der Waals surface area (Å²) in [5.41, 5.74) is 1.31. The van der Waals surface area contributed by atoms with Gasteiger partial charge in [-0.15, -0.1) is 0 Å². The number of benzene rings is 1. The Hall–Kier alpha value is -0.0900. The van der Waals surface area contributed by atoms with Crippen molar-refractivity contribution in [1.29, 1.82) is 0 Å². The summed E-state index contributed by atoms with van der Waals surface area (Å²) in [5.74, 6) is 0. The molecule has 2 rings (SSSR count). The lowest BCUT2D eigenvalue weighted by atomic mass is 10.2. The third-order valence-electron chi connectivity index (χ3n) is 2.60. The fourth-order valence-corrected chi connectivity index (χ4v) is 2.31. The molecule has 1 fully saturated rings. The number of hydrogen-bond donors (Lipinski definition) is 1. The van der Waals surface area contributed by atoms with Gasteiger partial charge in [0.2, 0.25) is 0 Å². The zero-order valence-electron chi connectivity index (χ0n) is 8.47. The molecule has 0 amide bonds. The Morgan fingerprint density at radius 2 is 2.07 bits per heavy atom. The average Bonchev–Trinajstić information content (AvgIpc) is 2.25. The van der Waals surface area contributed by atoms with Gasteiger partial charge in [-0.25, -0.2) is 0 Å². The standard InChI is InChI=1S/C11H14BrClN2/c12-10-7-9(1-2-11(10)13)8-15-5-3-14-4-6-15/h1-2,7,14H,3-6,8H2. The summed E-state index contributed by atoms with van der Waals surface area (Å²) in [6.07, 6.45) is 0. The van der Waals surface area contributed by atoms with Crippen molar-refractivity contribution in [2.45, 2.75) is 6.54 Å². The van der Waals surface area contributed by atoms with Crippen LogP contribution in [-0.2, 0) is 6.54 Å². The Labute approximate surface area is 104 Å². The number of rotatable bonds is 2. The second kappa shape index (κ2) is 5.30. The van der Waals surface area contributed by atoms with Gasteiger partial charge in [-0.2, -0.15) is 0 Å². The largest absolute Gasteiger partial charge is 0.314 e. The summed E-state index contributed by atoms with van der Waals surface area (Å²) in [6, 6.07) is 6.14. The summed E-state index contributed by atoms with van der Waals surface area (Å²) in [7, 11) is 0. The van der Waals surface area contributed by atoms with Crippen molar-refractivity contribution in [2.24, 2.45) is 0 Å². The second-order valence-corrected chi connectivity index (χ2v) is 5.04. The average molecular weight is 290 g/mol. The molecule has 1 N–H and O–H groups in total. The molecule has 0 bridgehead atoms. The Morgan fingerprint density at radius 3 is 2.73 bits per heavy atom. The first-order valence-electron chi connectivity index (χ1n) is 5.13. The first-order valence-corrected chi connectivity index (χ1v) is 6.30. The highest BCUT2D eigenvalue weighted by atomic mass is 79.9. The molecule has 1 aliphatic heterocycles. The summed E-state index contributed by atoms with van der Waals surface area (Å²) >= 11 is 9.40. The van der Waals surface area contributed by atoms with Crippen molar-refractivity contribution in [2.75, 3.05) is 26.2 Å². The van der Waals surface area contributed by atoms with Gasteiger partial charge in [-0.3, -0.25) is 4.90 Å². The van der Waals surface area contributed by atoms with Crippen LogP contribution in [0.3, 0.4) is 0 Å². The van der Waals surface area contributed by atoms with Gasteiger partial charge in [-0.05, 0) is 33.6 Å². The fourth-order valence-electron chi connectivity index (χ4n) is 1.77. The minimum absolute atomic E-state index is 0.777. The quantitative estimate of drug-likeness (QED) is 0.900. The van der Waals surface area contributed by atoms with Crippen LogP contribution in [0.5, 0.6) is 0 Å². The molecule has 4 heteroatoms. The fraction of sp³-hybridized carbons (Fsp3) is 0.455. The molecule has 82 valence electrons. The van der Waals surface area contributed by atoms with E-state index in [1.54, 1.807) is 0 Å². The minimum Gasteiger partial charge on any atom is -0.314 e. The molecule has 0 unspecified atom stereocenters. The lowest BCUT2D eigenvalue weighted by Gasteiger charge is -2.27. The molecule has 1 aliphatic rings. The normalized spacial score (nSPS) is 18.0. The lowest BCUT2D eigenvalue weighted by molar-refractivity contribution is 0.233. The van der Waals surface area contributed by atoms with Crippen molar-refractivity contribution in [3.8, 4) is 0 Å². The van der Waals surface area contributed by atoms with E-state index in [9.17, 15) is 0 Å². The van der Waals surface area contributed by atoms with Gasteiger partial charge >= 0.3 is 0 Å². The molecular weight excluding hydrogens is 275 g/mol. The SMILES string of the molecule is Clc1ccc(CN2CCNCC2)cc1Br. The highest BCUT2D eigenvalue weighted by molar-refractivity contribution is 9.10. The predicted molar refractivity (Wildman–Crippen MR) is 67.3 cm³/mol. The molecule has 0 aromatic heterocycles. The van der Waals surface area contributed by atoms with Gasteiger partial charge in [0.05, 0.1) is 5.02 Å². The van der Waals surface area contributed by atoms with E-state index in [4.69, 9.17) is 11.6 Å². The number of nitrogens with zero attached hydrogens (tertiary/aromatic N) is 1. The van der Waals surface area contributed by atoms with Crippen molar-refractivity contribution in [3.05, 3.63) is 33.3 Å². The monoisotopic (exact) mass is 288 g/mol. The molecule has 15 heavy (non-hydrogen) atoms. The van der Waals surface area contributed by atoms with E-state index in [1.807, 2.05) is 6.07 Å². The van der Waals surface area contributed by atoms with Gasteiger partial charge in [0.1, 0.15) is 0 Å². The van der Waals surface area contributed by atoms with E-state index in [1.165, 1.54) is 5.56 Å². The smallest absolute Gasteiger partial charge is 0.0548 e. The van der Waals surface area contributed by atoms with Crippen LogP contribution >= 0.6 is 27.5 Å². The van der Waals surface area contributed by atoms with Crippen LogP contribution in [0.2, 0.25) is 5.02 Å². The Morgan fingerprint density at radius 1 is 1.33 bits per heavy atom. The van der Waals surface area contributed by atoms with Gasteiger partial charge in [0.15, 0.2) is 0 Å². The van der Waals surface area contributed by atoms with E-state index in [0.29, 0.717) is 0 Å². The van der Waals surface area contributed by atoms with E-state index in [2.05, 4.69) is 38.3 Å². The maximum Gasteiger partial charge on any atom is 0.0548 e. The Kier molecular flexibility index (Phi) is 4.03. The highest BCUT2D eigenvalue weighted by Crippen LogP contribution is 2.23. The minimum atomic E-state index is 0.777. The molecule has 1 saturated heterocycles. The molecule has 1 aromatic carbocycles. The summed E-state index contributed by atoms with van der Waals surface area (Å²) < 4.78 is 0.983. The van der Waals surface area contributed by atoms with E-state index in [-0.39, 0.29) is 0 Å². The maximum absolute atomic E-state index is 5.95. The maximum atomic E-state index is 5.95. The van der Waals surface area contributed by atoms with E-state index < -0.39 is 0 Å².